The third-order valence-electron chi connectivity index (χ3n) is 8.62. The molecule has 7 aromatic rings. The van der Waals surface area contributed by atoms with Gasteiger partial charge in [0.05, 0.1) is 45.6 Å². The fourth-order valence-corrected chi connectivity index (χ4v) is 5.51. The molecular formula is C32H24CoN16. The largest absolute Gasteiger partial charge is 2.00 e. The van der Waals surface area contributed by atoms with Gasteiger partial charge in [0.25, 0.3) is 0 Å². The number of fused-ring (bicyclic) bond motifs is 20. The van der Waals surface area contributed by atoms with Crippen LogP contribution in [0.3, 0.4) is 0 Å². The third kappa shape index (κ3) is 4.56. The van der Waals surface area contributed by atoms with E-state index in [-0.39, 0.29) is 62.7 Å². The first-order chi connectivity index (χ1) is 23.0. The van der Waals surface area contributed by atoms with E-state index < -0.39 is 0 Å². The van der Waals surface area contributed by atoms with Crippen molar-refractivity contribution >= 4 is 44.7 Å². The summed E-state index contributed by atoms with van der Waals surface area (Å²) in [6.07, 6.45) is 0. The summed E-state index contributed by atoms with van der Waals surface area (Å²) in [6.45, 7) is 15.1. The second-order valence-electron chi connectivity index (χ2n) is 11.8. The van der Waals surface area contributed by atoms with Crippen LogP contribution in [-0.4, -0.2) is 69.8 Å². The molecule has 9 rings (SSSR count). The molecule has 7 aromatic heterocycles. The van der Waals surface area contributed by atoms with Crippen LogP contribution in [0.2, 0.25) is 0 Å². The van der Waals surface area contributed by atoms with Crippen molar-refractivity contribution in [3.63, 3.8) is 0 Å². The standard InChI is InChI=1S/C32H24N16.Co/c1-9-10(2)34-18-17(33-9)25-41-26(18)46-28-21-22(38-14(6)13(5)37-21)30(43-28)48-32-24-23(39-15(7)16(8)40-24)31(44-32)47-29-20-19(27(42-29)45-25)35-11(3)12(4)36-20;/h1-8H3;/q-2;+2. The summed E-state index contributed by atoms with van der Waals surface area (Å²) in [5.74, 6) is 1.08. The Balaban J connectivity index is 0.00000348. The van der Waals surface area contributed by atoms with Gasteiger partial charge in [0.15, 0.2) is 0 Å². The molecule has 2 aliphatic heterocycles. The number of aromatic nitrogens is 16. The fraction of sp³-hybridized carbons (Fsp3) is 0.250. The predicted octanol–water partition coefficient (Wildman–Crippen LogP) is 3.75. The van der Waals surface area contributed by atoms with Crippen LogP contribution in [0.15, 0.2) is 0 Å². The summed E-state index contributed by atoms with van der Waals surface area (Å²) in [6, 6.07) is 0. The van der Waals surface area contributed by atoms with Gasteiger partial charge in [-0.1, -0.05) is 0 Å². The number of rotatable bonds is 0. The van der Waals surface area contributed by atoms with E-state index in [0.717, 1.165) is 45.6 Å². The summed E-state index contributed by atoms with van der Waals surface area (Å²) in [4.78, 5) is 77.2. The SMILES string of the molecule is Cc1nc2c(nc1C)-c1nc-2nc2[n-]c(nc3nc(nc4[n-]c(n1)c1nc(C)c(C)nc41)-c1nc(C)c(C)nc1-3)c1nc(C)c(C)nc21.[Co+2]. The second-order valence-corrected chi connectivity index (χ2v) is 11.8. The van der Waals surface area contributed by atoms with Crippen LogP contribution in [-0.2, 0) is 16.8 Å². The third-order valence-corrected chi connectivity index (χ3v) is 8.62. The van der Waals surface area contributed by atoms with Crippen molar-refractivity contribution in [1.29, 1.82) is 0 Å². The number of aryl methyl sites for hydroxylation is 8. The van der Waals surface area contributed by atoms with E-state index in [9.17, 15) is 0 Å². The maximum Gasteiger partial charge on any atom is 2.00 e. The van der Waals surface area contributed by atoms with Crippen molar-refractivity contribution in [3.05, 3.63) is 45.6 Å². The average Bonchev–Trinajstić information content (AvgIpc) is 3.74. The topological polar surface area (TPSA) is 209 Å². The van der Waals surface area contributed by atoms with E-state index in [2.05, 4.69) is 0 Å². The van der Waals surface area contributed by atoms with Crippen LogP contribution in [0.4, 0.5) is 0 Å². The molecular weight excluding hydrogens is 667 g/mol. The van der Waals surface area contributed by atoms with Gasteiger partial charge >= 0.3 is 16.8 Å². The molecule has 0 saturated heterocycles. The summed E-state index contributed by atoms with van der Waals surface area (Å²) in [5.41, 5.74) is 10.6. The van der Waals surface area contributed by atoms with Gasteiger partial charge in [0.1, 0.15) is 68.1 Å². The van der Waals surface area contributed by atoms with Crippen molar-refractivity contribution in [2.75, 3.05) is 0 Å². The Bertz CT molecular complexity index is 2420. The molecule has 8 bridgehead atoms. The normalized spacial score (nSPS) is 11.9. The molecule has 0 amide bonds. The van der Waals surface area contributed by atoms with E-state index in [0.29, 0.717) is 44.8 Å². The van der Waals surface area contributed by atoms with Gasteiger partial charge in [-0.2, -0.15) is 0 Å². The Morgan fingerprint density at radius 3 is 0.694 bits per heavy atom. The molecule has 16 nitrogen and oxygen atoms in total. The quantitative estimate of drug-likeness (QED) is 0.222. The van der Waals surface area contributed by atoms with Gasteiger partial charge < -0.3 is 29.9 Å². The molecule has 0 aromatic carbocycles. The summed E-state index contributed by atoms with van der Waals surface area (Å²) < 4.78 is 0. The molecule has 0 saturated carbocycles. The van der Waals surface area contributed by atoms with Crippen molar-refractivity contribution in [2.24, 2.45) is 0 Å². The first kappa shape index (κ1) is 30.5. The van der Waals surface area contributed by atoms with Crippen LogP contribution < -0.4 is 9.97 Å². The molecule has 0 unspecified atom stereocenters. The molecule has 1 radical (unpaired) electrons. The van der Waals surface area contributed by atoms with Gasteiger partial charge in [0.2, 0.25) is 0 Å². The molecule has 49 heavy (non-hydrogen) atoms. The minimum atomic E-state index is 0. The first-order valence-corrected chi connectivity index (χ1v) is 15.2. The van der Waals surface area contributed by atoms with Crippen molar-refractivity contribution in [1.82, 2.24) is 79.7 Å². The number of nitrogens with zero attached hydrogens (tertiary/aromatic N) is 16. The molecule has 2 aliphatic rings. The monoisotopic (exact) mass is 691 g/mol. The van der Waals surface area contributed by atoms with Gasteiger partial charge in [-0.25, -0.2) is 49.8 Å². The average molecular weight is 692 g/mol. The first-order valence-electron chi connectivity index (χ1n) is 15.2. The maximum atomic E-state index is 4.88. The van der Waals surface area contributed by atoms with Gasteiger partial charge in [0, 0.05) is 22.6 Å². The molecule has 17 heteroatoms. The van der Waals surface area contributed by atoms with Crippen LogP contribution >= 0.6 is 0 Å². The number of hydrogen-bond acceptors (Lipinski definition) is 14. The number of hydrogen-bond donors (Lipinski definition) is 0. The van der Waals surface area contributed by atoms with Crippen molar-refractivity contribution < 1.29 is 16.8 Å². The van der Waals surface area contributed by atoms with Gasteiger partial charge in [-0.3, -0.25) is 0 Å². The molecule has 0 N–H and O–H groups in total. The molecule has 241 valence electrons. The summed E-state index contributed by atoms with van der Waals surface area (Å²) in [7, 11) is 0. The van der Waals surface area contributed by atoms with Crippen molar-refractivity contribution in [2.45, 2.75) is 55.4 Å². The Morgan fingerprint density at radius 2 is 0.469 bits per heavy atom. The molecule has 0 atom stereocenters. The van der Waals surface area contributed by atoms with E-state index in [4.69, 9.17) is 79.7 Å². The predicted molar refractivity (Wildman–Crippen MR) is 174 cm³/mol. The van der Waals surface area contributed by atoms with Crippen LogP contribution in [0.1, 0.15) is 45.6 Å². The summed E-state index contributed by atoms with van der Waals surface area (Å²) >= 11 is 0. The van der Waals surface area contributed by atoms with E-state index in [1.54, 1.807) is 0 Å². The minimum absolute atomic E-state index is 0. The van der Waals surface area contributed by atoms with Gasteiger partial charge in [-0.05, 0) is 55.4 Å². The van der Waals surface area contributed by atoms with E-state index in [1.807, 2.05) is 55.4 Å². The summed E-state index contributed by atoms with van der Waals surface area (Å²) in [5, 5.41) is 0. The molecule has 0 aliphatic carbocycles. The minimum Gasteiger partial charge on any atom is -0.354 e. The van der Waals surface area contributed by atoms with Crippen LogP contribution in [0.5, 0.6) is 0 Å². The maximum absolute atomic E-state index is 4.88. The molecule has 9 heterocycles. The van der Waals surface area contributed by atoms with E-state index >= 15 is 0 Å². The zero-order valence-electron chi connectivity index (χ0n) is 27.5. The second kappa shape index (κ2) is 10.6. The molecule has 0 spiro atoms. The fourth-order valence-electron chi connectivity index (χ4n) is 5.51. The van der Waals surface area contributed by atoms with E-state index in [1.165, 1.54) is 0 Å². The smallest absolute Gasteiger partial charge is 0.354 e. The zero-order chi connectivity index (χ0) is 33.2. The Morgan fingerprint density at radius 1 is 0.265 bits per heavy atom. The van der Waals surface area contributed by atoms with Crippen LogP contribution in [0, 0.1) is 55.4 Å². The van der Waals surface area contributed by atoms with Crippen LogP contribution in [0.25, 0.3) is 90.7 Å². The Labute approximate surface area is 287 Å². The Kier molecular flexibility index (Phi) is 6.60. The zero-order valence-corrected chi connectivity index (χ0v) is 28.5. The molecule has 0 fully saturated rings. The van der Waals surface area contributed by atoms with Gasteiger partial charge in [-0.15, -0.1) is 0 Å². The van der Waals surface area contributed by atoms with Crippen molar-refractivity contribution in [3.8, 4) is 46.1 Å². The Hall–Kier alpha value is -5.81.